The van der Waals surface area contributed by atoms with E-state index in [0.717, 1.165) is 0 Å². The van der Waals surface area contributed by atoms with Crippen molar-refractivity contribution in [2.24, 2.45) is 0 Å². The van der Waals surface area contributed by atoms with Gasteiger partial charge < -0.3 is 45.7 Å². The Kier molecular flexibility index (Phi) is 22.1. The number of nitrogens with zero attached hydrogens (tertiary/aromatic N) is 6. The molecule has 8 rings (SSSR count). The van der Waals surface area contributed by atoms with Crippen molar-refractivity contribution >= 4 is 11.9 Å². The first-order valence-corrected chi connectivity index (χ1v) is 16.7. The van der Waals surface area contributed by atoms with Crippen molar-refractivity contribution in [1.82, 2.24) is 29.5 Å². The molecule has 0 unspecified atom stereocenters. The van der Waals surface area contributed by atoms with Gasteiger partial charge in [-0.25, -0.2) is 19.3 Å². The van der Waals surface area contributed by atoms with Gasteiger partial charge in [-0.3, -0.25) is 0 Å². The summed E-state index contributed by atoms with van der Waals surface area (Å²) in [6.45, 7) is 0. The molecule has 289 valence electrons. The molecule has 8 aromatic rings. The molecule has 0 saturated carbocycles. The molecule has 0 aliphatic heterocycles. The number of hydrogen-bond acceptors (Lipinski definition) is 12. The minimum absolute atomic E-state index is 0. The number of carbonyl (C=O) groups is 2. The van der Waals surface area contributed by atoms with E-state index in [2.05, 4.69) is 20.2 Å². The fraction of sp³-hybridized carbons (Fsp3) is 0. The first-order chi connectivity index (χ1) is 27.1. The molecule has 6 aromatic carbocycles. The molecule has 2 heterocycles. The average Bonchev–Trinajstić information content (AvgIpc) is 3.85. The predicted octanol–water partition coefficient (Wildman–Crippen LogP) is -7.59. The Morgan fingerprint density at radius 2 is 0.672 bits per heavy atom. The maximum Gasteiger partial charge on any atom is 3.00 e. The minimum atomic E-state index is -1.30. The molecule has 0 amide bonds. The molecular weight excluding hydrogens is 906 g/mol. The quantitative estimate of drug-likeness (QED) is 0.129. The third-order valence-electron chi connectivity index (χ3n) is 8.42. The van der Waals surface area contributed by atoms with Gasteiger partial charge in [0.05, 0.1) is 23.3 Å². The van der Waals surface area contributed by atoms with Gasteiger partial charge in [0.1, 0.15) is 0 Å². The van der Waals surface area contributed by atoms with Crippen LogP contribution < -0.4 is 185 Å². The van der Waals surface area contributed by atoms with Crippen molar-refractivity contribution < 1.29 is 217 Å². The smallest absolute Gasteiger partial charge is 0.872 e. The SMILES string of the molecule is O.O=C([O-])c1ccc(-n2nc(-c3ccccc3[O-])nc2-c2ccccc2[O-])cc1.O=C([O-])c1ccc(-n2nc(-c3ccccc3[O-])nc2-c2ccccc2[O-])cc1.[Fe+3].[K+].[K+].[K+]. The second kappa shape index (κ2) is 24.8. The summed E-state index contributed by atoms with van der Waals surface area (Å²) in [6.07, 6.45) is 0. The first-order valence-electron chi connectivity index (χ1n) is 16.7. The van der Waals surface area contributed by atoms with Crippen LogP contribution in [-0.2, 0) is 17.1 Å². The van der Waals surface area contributed by atoms with Crippen molar-refractivity contribution in [1.29, 1.82) is 0 Å². The van der Waals surface area contributed by atoms with Crippen LogP contribution in [-0.4, -0.2) is 46.9 Å². The van der Waals surface area contributed by atoms with Gasteiger partial charge in [-0.2, -0.15) is 0 Å². The second-order valence-electron chi connectivity index (χ2n) is 12.0. The standard InChI is InChI=1S/2C21H15N3O4.Fe.3K.H2O/c2*25-17-7-3-1-5-15(17)19-22-20(16-6-2-4-8-18(16)26)24(23-19)14-11-9-13(10-12-14)21(27)28;;;;;/h2*1-12,25-26H,(H,27,28);;;;;1H2/q;;+3;3*+1;/p-6. The van der Waals surface area contributed by atoms with Gasteiger partial charge in [0.25, 0.3) is 0 Å². The Balaban J connectivity index is 0.000000388. The molecular formula is C42H26FeK3N6O9. The van der Waals surface area contributed by atoms with E-state index in [4.69, 9.17) is 0 Å². The number of rotatable bonds is 8. The molecule has 0 aliphatic carbocycles. The van der Waals surface area contributed by atoms with Gasteiger partial charge in [0, 0.05) is 22.3 Å². The van der Waals surface area contributed by atoms with Crippen LogP contribution in [0.25, 0.3) is 56.9 Å². The molecule has 0 spiro atoms. The summed E-state index contributed by atoms with van der Waals surface area (Å²) in [5.41, 5.74) is 2.24. The van der Waals surface area contributed by atoms with Crippen LogP contribution in [0.3, 0.4) is 0 Å². The van der Waals surface area contributed by atoms with Crippen LogP contribution in [0.15, 0.2) is 146 Å². The van der Waals surface area contributed by atoms with Gasteiger partial charge in [0.15, 0.2) is 23.3 Å². The summed E-state index contributed by atoms with van der Waals surface area (Å²) in [4.78, 5) is 30.8. The van der Waals surface area contributed by atoms with Gasteiger partial charge in [-0.15, -0.1) is 10.2 Å². The average molecular weight is 932 g/mol. The van der Waals surface area contributed by atoms with Crippen LogP contribution >= 0.6 is 0 Å². The number of carboxylic acids is 2. The molecule has 61 heavy (non-hydrogen) atoms. The molecule has 0 saturated heterocycles. The van der Waals surface area contributed by atoms with Crippen LogP contribution in [0, 0.1) is 0 Å². The minimum Gasteiger partial charge on any atom is -0.872 e. The summed E-state index contributed by atoms with van der Waals surface area (Å²) in [5.74, 6) is -2.71. The van der Waals surface area contributed by atoms with Crippen molar-refractivity contribution in [2.75, 3.05) is 0 Å². The number of benzene rings is 6. The molecule has 0 atom stereocenters. The van der Waals surface area contributed by atoms with Crippen molar-refractivity contribution in [2.45, 2.75) is 0 Å². The predicted molar refractivity (Wildman–Crippen MR) is 195 cm³/mol. The number of carbonyl (C=O) groups excluding carboxylic acids is 2. The molecule has 19 heteroatoms. The Morgan fingerprint density at radius 3 is 0.934 bits per heavy atom. The van der Waals surface area contributed by atoms with Gasteiger partial charge in [-0.05, 0) is 35.4 Å². The van der Waals surface area contributed by atoms with Gasteiger partial charge in [0.2, 0.25) is 0 Å². The van der Waals surface area contributed by atoms with E-state index in [1.807, 2.05) is 0 Å². The Bertz CT molecular complexity index is 2550. The fourth-order valence-corrected chi connectivity index (χ4v) is 5.64. The largest absolute Gasteiger partial charge is 3.00 e. The van der Waals surface area contributed by atoms with Crippen LogP contribution in [0.1, 0.15) is 20.7 Å². The van der Waals surface area contributed by atoms with Gasteiger partial charge >= 0.3 is 171 Å². The van der Waals surface area contributed by atoms with Crippen molar-refractivity contribution in [3.05, 3.63) is 157 Å². The van der Waals surface area contributed by atoms with Crippen LogP contribution in [0.2, 0.25) is 0 Å². The summed E-state index contributed by atoms with van der Waals surface area (Å²) in [5, 5.41) is 79.8. The first kappa shape index (κ1) is 54.3. The molecule has 2 N–H and O–H groups in total. The zero-order chi connectivity index (χ0) is 39.3. The van der Waals surface area contributed by atoms with E-state index in [0.29, 0.717) is 33.6 Å². The summed E-state index contributed by atoms with van der Waals surface area (Å²) in [7, 11) is 0. The number of carboxylic acid groups (broad SMARTS) is 2. The van der Waals surface area contributed by atoms with E-state index in [9.17, 15) is 40.2 Å². The third kappa shape index (κ3) is 12.7. The maximum atomic E-state index is 12.3. The van der Waals surface area contributed by atoms with Crippen molar-refractivity contribution in [3.8, 4) is 79.9 Å². The molecule has 0 aliphatic rings. The van der Waals surface area contributed by atoms with E-state index < -0.39 is 11.9 Å². The van der Waals surface area contributed by atoms with Gasteiger partial charge in [-0.1, -0.05) is 144 Å². The zero-order valence-corrected chi connectivity index (χ0v) is 43.1. The maximum absolute atomic E-state index is 12.3. The van der Waals surface area contributed by atoms with Crippen LogP contribution in [0.4, 0.5) is 0 Å². The van der Waals surface area contributed by atoms with Crippen molar-refractivity contribution in [3.63, 3.8) is 0 Å². The number of hydrogen-bond donors (Lipinski definition) is 0. The third-order valence-corrected chi connectivity index (χ3v) is 8.42. The Hall–Kier alpha value is -2.87. The molecule has 2 aromatic heterocycles. The van der Waals surface area contributed by atoms with Crippen LogP contribution in [0.5, 0.6) is 23.0 Å². The van der Waals surface area contributed by atoms with E-state index in [1.165, 1.54) is 82.2 Å². The van der Waals surface area contributed by atoms with E-state index >= 15 is 0 Å². The molecule has 0 fully saturated rings. The topological polar surface area (TPSA) is 265 Å². The Morgan fingerprint density at radius 1 is 0.410 bits per heavy atom. The molecule has 1 radical (unpaired) electrons. The monoisotopic (exact) mass is 931 g/mol. The fourth-order valence-electron chi connectivity index (χ4n) is 5.64. The Labute approximate surface area is 486 Å². The molecule has 0 bridgehead atoms. The number of aromatic carboxylic acids is 2. The number of aromatic nitrogens is 6. The summed E-state index contributed by atoms with van der Waals surface area (Å²) >= 11 is 0. The summed E-state index contributed by atoms with van der Waals surface area (Å²) < 4.78 is 2.83. The van der Waals surface area contributed by atoms with E-state index in [1.54, 1.807) is 72.8 Å². The normalized spacial score (nSPS) is 9.84. The summed E-state index contributed by atoms with van der Waals surface area (Å²) in [6, 6.07) is 37.0. The zero-order valence-electron chi connectivity index (χ0n) is 32.7. The number of para-hydroxylation sites is 4. The van der Waals surface area contributed by atoms with E-state index in [-0.39, 0.29) is 234 Å². The molecule has 15 nitrogen and oxygen atoms in total. The second-order valence-corrected chi connectivity index (χ2v) is 12.0.